The lowest BCUT2D eigenvalue weighted by molar-refractivity contribution is -0.154. The smallest absolute Gasteiger partial charge is 0.330 e. The molecule has 1 atom stereocenters. The zero-order valence-corrected chi connectivity index (χ0v) is 11.0. The third-order valence-electron chi connectivity index (χ3n) is 3.49. The van der Waals surface area contributed by atoms with Gasteiger partial charge in [0.2, 0.25) is 5.91 Å². The molecule has 110 valence electrons. The molecule has 0 saturated carbocycles. The fourth-order valence-electron chi connectivity index (χ4n) is 2.58. The van der Waals surface area contributed by atoms with Crippen molar-refractivity contribution in [3.05, 3.63) is 29.8 Å². The van der Waals surface area contributed by atoms with Crippen molar-refractivity contribution in [1.82, 2.24) is 0 Å². The number of aryl methyl sites for hydroxylation is 1. The summed E-state index contributed by atoms with van der Waals surface area (Å²) < 4.78 is 39.7. The SMILES string of the molecule is NCCC(N1C(=O)CCCc2ccccc21)C(F)(F)F. The van der Waals surface area contributed by atoms with E-state index in [0.29, 0.717) is 18.5 Å². The second kappa shape index (κ2) is 5.83. The van der Waals surface area contributed by atoms with Crippen molar-refractivity contribution < 1.29 is 18.0 Å². The number of nitrogens with two attached hydrogens (primary N) is 1. The molecule has 1 aromatic rings. The van der Waals surface area contributed by atoms with Gasteiger partial charge in [-0.3, -0.25) is 9.69 Å². The molecule has 1 unspecified atom stereocenters. The Bertz CT molecular complexity index is 488. The van der Waals surface area contributed by atoms with Crippen molar-refractivity contribution in [1.29, 1.82) is 0 Å². The van der Waals surface area contributed by atoms with E-state index >= 15 is 0 Å². The van der Waals surface area contributed by atoms with Crippen LogP contribution in [0.5, 0.6) is 0 Å². The summed E-state index contributed by atoms with van der Waals surface area (Å²) in [6.45, 7) is -0.115. The van der Waals surface area contributed by atoms with Gasteiger partial charge in [0.15, 0.2) is 0 Å². The second-order valence-corrected chi connectivity index (χ2v) is 4.88. The highest BCUT2D eigenvalue weighted by Crippen LogP contribution is 2.35. The molecule has 20 heavy (non-hydrogen) atoms. The van der Waals surface area contributed by atoms with E-state index in [2.05, 4.69) is 0 Å². The van der Waals surface area contributed by atoms with E-state index in [4.69, 9.17) is 5.73 Å². The van der Waals surface area contributed by atoms with E-state index in [1.165, 1.54) is 0 Å². The molecule has 0 bridgehead atoms. The van der Waals surface area contributed by atoms with Crippen molar-refractivity contribution in [2.45, 2.75) is 37.9 Å². The number of rotatable bonds is 3. The zero-order chi connectivity index (χ0) is 14.8. The Kier molecular flexibility index (Phi) is 4.32. The van der Waals surface area contributed by atoms with E-state index in [1.54, 1.807) is 24.3 Å². The third-order valence-corrected chi connectivity index (χ3v) is 3.49. The summed E-state index contributed by atoms with van der Waals surface area (Å²) in [5, 5.41) is 0. The number of carbonyl (C=O) groups is 1. The number of hydrogen-bond acceptors (Lipinski definition) is 2. The summed E-state index contributed by atoms with van der Waals surface area (Å²) in [7, 11) is 0. The topological polar surface area (TPSA) is 46.3 Å². The molecule has 1 heterocycles. The molecule has 0 aliphatic carbocycles. The lowest BCUT2D eigenvalue weighted by atomic mass is 10.1. The molecule has 1 aliphatic heterocycles. The van der Waals surface area contributed by atoms with E-state index in [-0.39, 0.29) is 19.4 Å². The van der Waals surface area contributed by atoms with Crippen LogP contribution in [0.2, 0.25) is 0 Å². The number of para-hydroxylation sites is 1. The lowest BCUT2D eigenvalue weighted by Gasteiger charge is -2.33. The normalized spacial score (nSPS) is 17.6. The van der Waals surface area contributed by atoms with E-state index in [1.807, 2.05) is 0 Å². The fraction of sp³-hybridized carbons (Fsp3) is 0.500. The third kappa shape index (κ3) is 2.95. The quantitative estimate of drug-likeness (QED) is 0.928. The molecule has 2 rings (SSSR count). The molecular weight excluding hydrogens is 269 g/mol. The summed E-state index contributed by atoms with van der Waals surface area (Å²) in [6.07, 6.45) is -3.45. The van der Waals surface area contributed by atoms with Crippen molar-refractivity contribution >= 4 is 11.6 Å². The Morgan fingerprint density at radius 2 is 1.95 bits per heavy atom. The van der Waals surface area contributed by atoms with Crippen molar-refractivity contribution in [3.63, 3.8) is 0 Å². The Morgan fingerprint density at radius 3 is 2.60 bits per heavy atom. The molecule has 2 N–H and O–H groups in total. The molecule has 0 saturated heterocycles. The molecule has 0 spiro atoms. The highest BCUT2D eigenvalue weighted by Gasteiger charge is 2.46. The second-order valence-electron chi connectivity index (χ2n) is 4.88. The first-order valence-corrected chi connectivity index (χ1v) is 6.62. The van der Waals surface area contributed by atoms with Crippen molar-refractivity contribution in [2.75, 3.05) is 11.4 Å². The molecular formula is C14H17F3N2O. The summed E-state index contributed by atoms with van der Waals surface area (Å²) in [4.78, 5) is 13.0. The largest absolute Gasteiger partial charge is 0.409 e. The number of carbonyl (C=O) groups excluding carboxylic acids is 1. The zero-order valence-electron chi connectivity index (χ0n) is 11.0. The van der Waals surface area contributed by atoms with Crippen LogP contribution in [0.4, 0.5) is 18.9 Å². The lowest BCUT2D eigenvalue weighted by Crippen LogP contribution is -2.50. The number of amides is 1. The van der Waals surface area contributed by atoms with Gasteiger partial charge < -0.3 is 5.73 Å². The molecule has 3 nitrogen and oxygen atoms in total. The van der Waals surface area contributed by atoms with Crippen LogP contribution < -0.4 is 10.6 Å². The predicted molar refractivity (Wildman–Crippen MR) is 70.4 cm³/mol. The van der Waals surface area contributed by atoms with Crippen LogP contribution in [0, 0.1) is 0 Å². The van der Waals surface area contributed by atoms with Gasteiger partial charge in [-0.2, -0.15) is 13.2 Å². The maximum Gasteiger partial charge on any atom is 0.409 e. The number of anilines is 1. The Labute approximate surface area is 115 Å². The van der Waals surface area contributed by atoms with Crippen LogP contribution in [-0.4, -0.2) is 24.7 Å². The first-order chi connectivity index (χ1) is 9.45. The summed E-state index contributed by atoms with van der Waals surface area (Å²) in [6, 6.07) is 4.93. The van der Waals surface area contributed by atoms with Crippen LogP contribution in [0.3, 0.4) is 0 Å². The van der Waals surface area contributed by atoms with Crippen LogP contribution in [0.25, 0.3) is 0 Å². The number of alkyl halides is 3. The average molecular weight is 286 g/mol. The molecule has 0 fully saturated rings. The maximum atomic E-state index is 13.2. The number of nitrogens with zero attached hydrogens (tertiary/aromatic N) is 1. The highest BCUT2D eigenvalue weighted by molar-refractivity contribution is 5.95. The van der Waals surface area contributed by atoms with Gasteiger partial charge in [-0.05, 0) is 37.4 Å². The molecule has 1 aliphatic rings. The van der Waals surface area contributed by atoms with Crippen LogP contribution in [-0.2, 0) is 11.2 Å². The predicted octanol–water partition coefficient (Wildman–Crippen LogP) is 2.64. The van der Waals surface area contributed by atoms with E-state index in [9.17, 15) is 18.0 Å². The van der Waals surface area contributed by atoms with Gasteiger partial charge in [0.1, 0.15) is 6.04 Å². The van der Waals surface area contributed by atoms with Crippen LogP contribution in [0.15, 0.2) is 24.3 Å². The minimum absolute atomic E-state index is 0.115. The van der Waals surface area contributed by atoms with Gasteiger partial charge in [0.05, 0.1) is 0 Å². The number of fused-ring (bicyclic) bond motifs is 1. The van der Waals surface area contributed by atoms with Gasteiger partial charge in [0.25, 0.3) is 0 Å². The fourth-order valence-corrected chi connectivity index (χ4v) is 2.58. The first kappa shape index (κ1) is 14.8. The minimum atomic E-state index is -4.48. The van der Waals surface area contributed by atoms with Crippen LogP contribution in [0.1, 0.15) is 24.8 Å². The monoisotopic (exact) mass is 286 g/mol. The van der Waals surface area contributed by atoms with Gasteiger partial charge in [-0.25, -0.2) is 0 Å². The molecule has 0 radical (unpaired) electrons. The van der Waals surface area contributed by atoms with Gasteiger partial charge in [0, 0.05) is 12.1 Å². The van der Waals surface area contributed by atoms with Gasteiger partial charge >= 0.3 is 6.18 Å². The number of halogens is 3. The first-order valence-electron chi connectivity index (χ1n) is 6.62. The van der Waals surface area contributed by atoms with Gasteiger partial charge in [-0.1, -0.05) is 18.2 Å². The minimum Gasteiger partial charge on any atom is -0.330 e. The molecule has 1 amide bonds. The standard InChI is InChI=1S/C14H17F3N2O/c15-14(16,17)12(8-9-18)19-11-6-2-1-4-10(11)5-3-7-13(19)20/h1-2,4,6,12H,3,5,7-9,18H2. The summed E-state index contributed by atoms with van der Waals surface area (Å²) in [5.74, 6) is -0.481. The Balaban J connectivity index is 2.47. The molecule has 1 aromatic carbocycles. The van der Waals surface area contributed by atoms with Crippen molar-refractivity contribution in [3.8, 4) is 0 Å². The summed E-state index contributed by atoms with van der Waals surface area (Å²) in [5.41, 5.74) is 6.45. The van der Waals surface area contributed by atoms with Gasteiger partial charge in [-0.15, -0.1) is 0 Å². The van der Waals surface area contributed by atoms with E-state index < -0.39 is 18.1 Å². The average Bonchev–Trinajstić information content (AvgIpc) is 2.53. The van der Waals surface area contributed by atoms with E-state index in [0.717, 1.165) is 10.5 Å². The number of hydrogen-bond donors (Lipinski definition) is 1. The highest BCUT2D eigenvalue weighted by atomic mass is 19.4. The number of benzene rings is 1. The van der Waals surface area contributed by atoms with Crippen LogP contribution >= 0.6 is 0 Å². The summed E-state index contributed by atoms with van der Waals surface area (Å²) >= 11 is 0. The molecule has 6 heteroatoms. The molecule has 0 aromatic heterocycles. The Morgan fingerprint density at radius 1 is 1.25 bits per heavy atom. The maximum absolute atomic E-state index is 13.2. The van der Waals surface area contributed by atoms with Crippen molar-refractivity contribution in [2.24, 2.45) is 5.73 Å². The Hall–Kier alpha value is -1.56.